The van der Waals surface area contributed by atoms with Gasteiger partial charge in [0.1, 0.15) is 17.0 Å². The summed E-state index contributed by atoms with van der Waals surface area (Å²) in [6.07, 6.45) is 9.02. The topological polar surface area (TPSA) is 89.0 Å². The van der Waals surface area contributed by atoms with Crippen molar-refractivity contribution in [1.29, 1.82) is 5.41 Å². The molecule has 1 aliphatic rings. The van der Waals surface area contributed by atoms with E-state index in [-0.39, 0.29) is 11.9 Å². The zero-order valence-electron chi connectivity index (χ0n) is 33.3. The molecule has 0 aliphatic heterocycles. The van der Waals surface area contributed by atoms with Gasteiger partial charge in [0, 0.05) is 27.5 Å². The average molecular weight is 776 g/mol. The van der Waals surface area contributed by atoms with Crippen molar-refractivity contribution in [1.82, 2.24) is 0 Å². The molecule has 0 fully saturated rings. The standard InChI is InChI=1S/C49H37NO.C7H8N2/c50-47(37-24-14-5-15-25-37)42-29-28-41(38-26-27-40(34-18-8-2-9-19-34)43(30-38)35-20-10-3-11-21-35)49-46(42)45-32-39(33-16-6-1-7-17-33)31-44(48(45)51-49)36-22-12-4-13-23-36;8-7(9)6-4-2-1-3-5-6/h1-2,4-10,12-32,47H,3,11,50H2;1-5H,(H3,8,9). The van der Waals surface area contributed by atoms with E-state index in [2.05, 4.69) is 176 Å². The molecule has 1 unspecified atom stereocenters. The lowest BCUT2D eigenvalue weighted by molar-refractivity contribution is 0.670. The number of fused-ring (bicyclic) bond motifs is 3. The minimum atomic E-state index is -0.336. The van der Waals surface area contributed by atoms with E-state index in [9.17, 15) is 0 Å². The molecular formula is C56H45N3O. The van der Waals surface area contributed by atoms with Gasteiger partial charge in [-0.15, -0.1) is 0 Å². The van der Waals surface area contributed by atoms with Crippen LogP contribution in [0.2, 0.25) is 0 Å². The molecule has 1 aliphatic carbocycles. The fraction of sp³-hybridized carbons (Fsp3) is 0.0536. The van der Waals surface area contributed by atoms with E-state index in [0.717, 1.165) is 84.9 Å². The van der Waals surface area contributed by atoms with Crippen molar-refractivity contribution in [2.45, 2.75) is 18.9 Å². The number of hydrogen-bond donors (Lipinski definition) is 3. The lowest BCUT2D eigenvalue weighted by Crippen LogP contribution is -2.12. The predicted molar refractivity (Wildman–Crippen MR) is 252 cm³/mol. The summed E-state index contributed by atoms with van der Waals surface area (Å²) in [6.45, 7) is 0. The number of allylic oxidation sites excluding steroid dienone is 4. The Labute approximate surface area is 351 Å². The Hall–Kier alpha value is -7.53. The van der Waals surface area contributed by atoms with Crippen LogP contribution in [0.3, 0.4) is 0 Å². The molecule has 8 aromatic carbocycles. The van der Waals surface area contributed by atoms with Crippen LogP contribution in [0.1, 0.15) is 41.1 Å². The summed E-state index contributed by atoms with van der Waals surface area (Å²) >= 11 is 0. The SMILES string of the molecule is N=C(N)c1ccccc1.NC(c1ccccc1)c1ccc(-c2ccc(-c3ccccc3)c(C3=CCCC=C3)c2)c2oc3c(-c4ccccc4)cc(-c4ccccc4)cc3c12. The van der Waals surface area contributed by atoms with E-state index in [1.165, 1.54) is 22.3 Å². The van der Waals surface area contributed by atoms with Gasteiger partial charge >= 0.3 is 0 Å². The molecular weight excluding hydrogens is 731 g/mol. The molecule has 0 amide bonds. The third-order valence-corrected chi connectivity index (χ3v) is 11.2. The molecule has 4 heteroatoms. The number of nitrogen functional groups attached to an aromatic ring is 1. The molecule has 290 valence electrons. The highest BCUT2D eigenvalue weighted by molar-refractivity contribution is 6.16. The Morgan fingerprint density at radius 3 is 1.67 bits per heavy atom. The molecule has 4 nitrogen and oxygen atoms in total. The van der Waals surface area contributed by atoms with Crippen LogP contribution in [0.15, 0.2) is 217 Å². The quantitative estimate of drug-likeness (QED) is 0.106. The Bertz CT molecular complexity index is 2990. The first-order valence-electron chi connectivity index (χ1n) is 20.4. The first-order chi connectivity index (χ1) is 29.5. The maximum absolute atomic E-state index is 7.17. The Morgan fingerprint density at radius 1 is 0.500 bits per heavy atom. The minimum absolute atomic E-state index is 0.121. The van der Waals surface area contributed by atoms with Crippen LogP contribution >= 0.6 is 0 Å². The summed E-state index contributed by atoms with van der Waals surface area (Å²) in [6, 6.07) is 66.9. The van der Waals surface area contributed by atoms with Crippen molar-refractivity contribution >= 4 is 33.3 Å². The van der Waals surface area contributed by atoms with Crippen molar-refractivity contribution in [3.05, 3.63) is 235 Å². The Morgan fingerprint density at radius 2 is 1.07 bits per heavy atom. The van der Waals surface area contributed by atoms with Crippen LogP contribution < -0.4 is 11.5 Å². The van der Waals surface area contributed by atoms with E-state index in [4.69, 9.17) is 21.3 Å². The van der Waals surface area contributed by atoms with Crippen LogP contribution in [-0.2, 0) is 0 Å². The minimum Gasteiger partial charge on any atom is -0.455 e. The highest BCUT2D eigenvalue weighted by Gasteiger charge is 2.24. The van der Waals surface area contributed by atoms with Crippen molar-refractivity contribution in [3.8, 4) is 44.5 Å². The van der Waals surface area contributed by atoms with Crippen molar-refractivity contribution in [2.24, 2.45) is 11.5 Å². The van der Waals surface area contributed by atoms with Crippen molar-refractivity contribution < 1.29 is 4.42 Å². The summed E-state index contributed by atoms with van der Waals surface area (Å²) in [7, 11) is 0. The highest BCUT2D eigenvalue weighted by atomic mass is 16.3. The molecule has 0 spiro atoms. The van der Waals surface area contributed by atoms with Crippen molar-refractivity contribution in [2.75, 3.05) is 0 Å². The van der Waals surface area contributed by atoms with Crippen LogP contribution in [0.4, 0.5) is 0 Å². The summed E-state index contributed by atoms with van der Waals surface area (Å²) < 4.78 is 7.16. The number of hydrogen-bond acceptors (Lipinski definition) is 3. The van der Waals surface area contributed by atoms with E-state index in [0.29, 0.717) is 0 Å². The van der Waals surface area contributed by atoms with E-state index in [1.807, 2.05) is 36.4 Å². The van der Waals surface area contributed by atoms with Gasteiger partial charge in [-0.05, 0) is 86.7 Å². The lowest BCUT2D eigenvalue weighted by atomic mass is 9.87. The van der Waals surface area contributed by atoms with Gasteiger partial charge < -0.3 is 15.9 Å². The lowest BCUT2D eigenvalue weighted by Gasteiger charge is -2.17. The summed E-state index contributed by atoms with van der Waals surface area (Å²) in [5, 5.41) is 9.13. The van der Waals surface area contributed by atoms with E-state index in [1.54, 1.807) is 0 Å². The summed E-state index contributed by atoms with van der Waals surface area (Å²) in [5.41, 5.74) is 28.5. The molecule has 0 saturated carbocycles. The molecule has 1 atom stereocenters. The van der Waals surface area contributed by atoms with Gasteiger partial charge in [-0.2, -0.15) is 0 Å². The zero-order chi connectivity index (χ0) is 40.8. The van der Waals surface area contributed by atoms with Gasteiger partial charge in [-0.1, -0.05) is 194 Å². The Balaban J connectivity index is 0.000000458. The third kappa shape index (κ3) is 7.72. The predicted octanol–water partition coefficient (Wildman–Crippen LogP) is 14.0. The molecule has 1 heterocycles. The number of furan rings is 1. The second kappa shape index (κ2) is 17.1. The first-order valence-corrected chi connectivity index (χ1v) is 20.4. The molecule has 5 N–H and O–H groups in total. The van der Waals surface area contributed by atoms with E-state index < -0.39 is 0 Å². The summed E-state index contributed by atoms with van der Waals surface area (Å²) in [5.74, 6) is 0.121. The molecule has 1 aromatic heterocycles. The smallest absolute Gasteiger partial charge is 0.143 e. The van der Waals surface area contributed by atoms with Crippen LogP contribution in [0, 0.1) is 5.41 Å². The van der Waals surface area contributed by atoms with Crippen LogP contribution in [-0.4, -0.2) is 5.84 Å². The molecule has 0 radical (unpaired) electrons. The normalized spacial score (nSPS) is 12.7. The number of amidine groups is 1. The molecule has 10 rings (SSSR count). The van der Waals surface area contributed by atoms with Crippen LogP contribution in [0.5, 0.6) is 0 Å². The first kappa shape index (κ1) is 38.0. The number of nitrogens with two attached hydrogens (primary N) is 2. The number of rotatable bonds is 8. The Kier molecular flexibility index (Phi) is 10.9. The van der Waals surface area contributed by atoms with Gasteiger partial charge in [0.25, 0.3) is 0 Å². The fourth-order valence-electron chi connectivity index (χ4n) is 8.22. The second-order valence-electron chi connectivity index (χ2n) is 15.1. The highest BCUT2D eigenvalue weighted by Crippen LogP contribution is 2.46. The molecule has 60 heavy (non-hydrogen) atoms. The van der Waals surface area contributed by atoms with Gasteiger partial charge in [0.05, 0.1) is 6.04 Å². The molecule has 0 saturated heterocycles. The zero-order valence-corrected chi connectivity index (χ0v) is 33.3. The largest absolute Gasteiger partial charge is 0.455 e. The maximum Gasteiger partial charge on any atom is 0.143 e. The van der Waals surface area contributed by atoms with Gasteiger partial charge in [0.2, 0.25) is 0 Å². The van der Waals surface area contributed by atoms with Crippen molar-refractivity contribution in [3.63, 3.8) is 0 Å². The number of nitrogens with one attached hydrogen (secondary N) is 1. The monoisotopic (exact) mass is 775 g/mol. The fourth-order valence-corrected chi connectivity index (χ4v) is 8.22. The van der Waals surface area contributed by atoms with Crippen LogP contribution in [0.25, 0.3) is 72.0 Å². The molecule has 0 bridgehead atoms. The van der Waals surface area contributed by atoms with Gasteiger partial charge in [0.15, 0.2) is 0 Å². The van der Waals surface area contributed by atoms with E-state index >= 15 is 0 Å². The maximum atomic E-state index is 7.17. The average Bonchev–Trinajstić information content (AvgIpc) is 3.72. The van der Waals surface area contributed by atoms with Gasteiger partial charge in [-0.3, -0.25) is 5.41 Å². The van der Waals surface area contributed by atoms with Gasteiger partial charge in [-0.25, -0.2) is 0 Å². The second-order valence-corrected chi connectivity index (χ2v) is 15.1. The summed E-state index contributed by atoms with van der Waals surface area (Å²) in [4.78, 5) is 0. The number of benzene rings is 8. The third-order valence-electron chi connectivity index (χ3n) is 11.2. The molecule has 9 aromatic rings.